The fourth-order valence-corrected chi connectivity index (χ4v) is 2.95. The van der Waals surface area contributed by atoms with E-state index < -0.39 is 5.82 Å². The third-order valence-electron chi connectivity index (χ3n) is 3.47. The van der Waals surface area contributed by atoms with Crippen molar-refractivity contribution in [2.75, 3.05) is 11.1 Å². The van der Waals surface area contributed by atoms with Gasteiger partial charge in [-0.15, -0.1) is 11.8 Å². The maximum absolute atomic E-state index is 13.7. The van der Waals surface area contributed by atoms with Crippen LogP contribution in [0.25, 0.3) is 0 Å². The Bertz CT molecular complexity index is 685. The molecular formula is C18H20FNOS. The van der Waals surface area contributed by atoms with Gasteiger partial charge in [-0.2, -0.15) is 0 Å². The van der Waals surface area contributed by atoms with Gasteiger partial charge in [-0.1, -0.05) is 12.1 Å². The Kier molecular flexibility index (Phi) is 5.61. The van der Waals surface area contributed by atoms with Gasteiger partial charge in [-0.05, 0) is 61.7 Å². The van der Waals surface area contributed by atoms with Crippen LogP contribution in [0.15, 0.2) is 41.3 Å². The van der Waals surface area contributed by atoms with Gasteiger partial charge in [0, 0.05) is 17.1 Å². The lowest BCUT2D eigenvalue weighted by Gasteiger charge is -2.08. The largest absolute Gasteiger partial charge is 0.324 e. The Morgan fingerprint density at radius 3 is 2.55 bits per heavy atom. The average Bonchev–Trinajstić information content (AvgIpc) is 2.46. The van der Waals surface area contributed by atoms with Crippen molar-refractivity contribution < 1.29 is 9.18 Å². The van der Waals surface area contributed by atoms with Crippen molar-refractivity contribution in [2.45, 2.75) is 32.1 Å². The van der Waals surface area contributed by atoms with Crippen molar-refractivity contribution in [1.29, 1.82) is 0 Å². The molecule has 22 heavy (non-hydrogen) atoms. The van der Waals surface area contributed by atoms with E-state index in [1.54, 1.807) is 23.9 Å². The molecule has 0 atom stereocenters. The van der Waals surface area contributed by atoms with Crippen molar-refractivity contribution in [3.05, 3.63) is 58.9 Å². The third-order valence-corrected chi connectivity index (χ3v) is 4.47. The fourth-order valence-electron chi connectivity index (χ4n) is 2.00. The van der Waals surface area contributed by atoms with Crippen LogP contribution < -0.4 is 5.32 Å². The molecule has 116 valence electrons. The lowest BCUT2D eigenvalue weighted by molar-refractivity contribution is -0.115. The van der Waals surface area contributed by atoms with Gasteiger partial charge in [-0.25, -0.2) is 4.39 Å². The summed E-state index contributed by atoms with van der Waals surface area (Å²) in [7, 11) is 0. The Balaban J connectivity index is 1.83. The number of benzene rings is 2. The summed E-state index contributed by atoms with van der Waals surface area (Å²) >= 11 is 1.63. The second-order valence-electron chi connectivity index (χ2n) is 5.38. The number of hydrogen-bond donors (Lipinski definition) is 1. The molecule has 0 saturated carbocycles. The van der Waals surface area contributed by atoms with Crippen LogP contribution in [-0.4, -0.2) is 11.7 Å². The molecule has 0 bridgehead atoms. The van der Waals surface area contributed by atoms with E-state index in [9.17, 15) is 9.18 Å². The van der Waals surface area contributed by atoms with Gasteiger partial charge < -0.3 is 5.32 Å². The van der Waals surface area contributed by atoms with Crippen LogP contribution in [-0.2, 0) is 4.79 Å². The van der Waals surface area contributed by atoms with Crippen molar-refractivity contribution in [3.8, 4) is 0 Å². The monoisotopic (exact) mass is 317 g/mol. The molecule has 0 radical (unpaired) electrons. The van der Waals surface area contributed by atoms with Crippen LogP contribution >= 0.6 is 11.8 Å². The number of aryl methyl sites for hydroxylation is 3. The minimum atomic E-state index is -0.393. The first-order valence-corrected chi connectivity index (χ1v) is 8.20. The number of nitrogens with one attached hydrogen (secondary N) is 1. The molecule has 2 aromatic carbocycles. The Hall–Kier alpha value is -1.81. The molecule has 0 fully saturated rings. The van der Waals surface area contributed by atoms with Gasteiger partial charge in [0.1, 0.15) is 5.82 Å². The second kappa shape index (κ2) is 7.45. The highest BCUT2D eigenvalue weighted by atomic mass is 32.2. The van der Waals surface area contributed by atoms with E-state index in [0.717, 1.165) is 10.5 Å². The highest BCUT2D eigenvalue weighted by Crippen LogP contribution is 2.22. The van der Waals surface area contributed by atoms with E-state index in [1.807, 2.05) is 6.92 Å². The number of halogens is 1. The van der Waals surface area contributed by atoms with Gasteiger partial charge >= 0.3 is 0 Å². The molecular weight excluding hydrogens is 297 g/mol. The molecule has 2 rings (SSSR count). The van der Waals surface area contributed by atoms with E-state index in [1.165, 1.54) is 17.2 Å². The lowest BCUT2D eigenvalue weighted by Crippen LogP contribution is -2.13. The first-order valence-electron chi connectivity index (χ1n) is 7.22. The van der Waals surface area contributed by atoms with E-state index in [-0.39, 0.29) is 11.6 Å². The van der Waals surface area contributed by atoms with Crippen LogP contribution in [0.2, 0.25) is 0 Å². The van der Waals surface area contributed by atoms with Crippen LogP contribution in [0, 0.1) is 26.6 Å². The van der Waals surface area contributed by atoms with Gasteiger partial charge in [0.2, 0.25) is 5.91 Å². The quantitative estimate of drug-likeness (QED) is 0.797. The average molecular weight is 317 g/mol. The summed E-state index contributed by atoms with van der Waals surface area (Å²) in [5.41, 5.74) is 3.58. The van der Waals surface area contributed by atoms with Gasteiger partial charge in [0.15, 0.2) is 0 Å². The summed E-state index contributed by atoms with van der Waals surface area (Å²) in [4.78, 5) is 13.0. The first kappa shape index (κ1) is 16.6. The van der Waals surface area contributed by atoms with Crippen molar-refractivity contribution in [2.24, 2.45) is 0 Å². The van der Waals surface area contributed by atoms with Crippen LogP contribution in [0.3, 0.4) is 0 Å². The number of rotatable bonds is 5. The zero-order valence-electron chi connectivity index (χ0n) is 13.1. The van der Waals surface area contributed by atoms with E-state index in [4.69, 9.17) is 0 Å². The molecule has 0 saturated heterocycles. The summed E-state index contributed by atoms with van der Waals surface area (Å²) in [6.07, 6.45) is 0.352. The SMILES string of the molecule is Cc1ccc(NC(=O)CCSc2ccc(C)c(C)c2)c(F)c1. The van der Waals surface area contributed by atoms with Gasteiger partial charge in [-0.3, -0.25) is 4.79 Å². The zero-order valence-corrected chi connectivity index (χ0v) is 13.9. The summed E-state index contributed by atoms with van der Waals surface area (Å²) in [5.74, 6) is 0.108. The smallest absolute Gasteiger partial charge is 0.225 e. The van der Waals surface area contributed by atoms with Crippen LogP contribution in [0.5, 0.6) is 0 Å². The van der Waals surface area contributed by atoms with Crippen molar-refractivity contribution in [3.63, 3.8) is 0 Å². The molecule has 0 unspecified atom stereocenters. The predicted molar refractivity (Wildman–Crippen MR) is 91.0 cm³/mol. The van der Waals surface area contributed by atoms with E-state index in [0.29, 0.717) is 12.2 Å². The topological polar surface area (TPSA) is 29.1 Å². The maximum Gasteiger partial charge on any atom is 0.225 e. The predicted octanol–water partition coefficient (Wildman–Crippen LogP) is 4.87. The van der Waals surface area contributed by atoms with Crippen molar-refractivity contribution in [1.82, 2.24) is 0 Å². The molecule has 1 N–H and O–H groups in total. The number of carbonyl (C=O) groups is 1. The summed E-state index contributed by atoms with van der Waals surface area (Å²) < 4.78 is 13.7. The number of amides is 1. The standard InChI is InChI=1S/C18H20FNOS/c1-12-4-7-17(16(19)10-12)20-18(21)8-9-22-15-6-5-13(2)14(3)11-15/h4-7,10-11H,8-9H2,1-3H3,(H,20,21). The second-order valence-corrected chi connectivity index (χ2v) is 6.54. The summed E-state index contributed by atoms with van der Waals surface area (Å²) in [6, 6.07) is 11.1. The minimum Gasteiger partial charge on any atom is -0.324 e. The third kappa shape index (κ3) is 4.60. The molecule has 0 aliphatic rings. The Morgan fingerprint density at radius 1 is 1.09 bits per heavy atom. The Labute approximate surface area is 135 Å². The first-order chi connectivity index (χ1) is 10.5. The highest BCUT2D eigenvalue weighted by Gasteiger charge is 2.07. The van der Waals surface area contributed by atoms with Crippen LogP contribution in [0.1, 0.15) is 23.1 Å². The minimum absolute atomic E-state index is 0.168. The summed E-state index contributed by atoms with van der Waals surface area (Å²) in [5, 5.41) is 2.62. The molecule has 0 heterocycles. The number of hydrogen-bond acceptors (Lipinski definition) is 2. The molecule has 0 aromatic heterocycles. The Morgan fingerprint density at radius 2 is 1.86 bits per heavy atom. The fraction of sp³-hybridized carbons (Fsp3) is 0.278. The number of anilines is 1. The molecule has 0 aliphatic heterocycles. The lowest BCUT2D eigenvalue weighted by atomic mass is 10.1. The molecule has 2 aromatic rings. The molecule has 4 heteroatoms. The molecule has 1 amide bonds. The van der Waals surface area contributed by atoms with E-state index in [2.05, 4.69) is 37.4 Å². The summed E-state index contributed by atoms with van der Waals surface area (Å²) in [6.45, 7) is 5.97. The molecule has 2 nitrogen and oxygen atoms in total. The van der Waals surface area contributed by atoms with E-state index >= 15 is 0 Å². The number of carbonyl (C=O) groups excluding carboxylic acids is 1. The number of thioether (sulfide) groups is 1. The zero-order chi connectivity index (χ0) is 16.1. The normalized spacial score (nSPS) is 10.5. The van der Waals surface area contributed by atoms with Crippen LogP contribution in [0.4, 0.5) is 10.1 Å². The van der Waals surface area contributed by atoms with Gasteiger partial charge in [0.05, 0.1) is 5.69 Å². The maximum atomic E-state index is 13.7. The van der Waals surface area contributed by atoms with Gasteiger partial charge in [0.25, 0.3) is 0 Å². The molecule has 0 spiro atoms. The highest BCUT2D eigenvalue weighted by molar-refractivity contribution is 7.99. The molecule has 0 aliphatic carbocycles. The van der Waals surface area contributed by atoms with Crippen molar-refractivity contribution >= 4 is 23.4 Å².